The molecule has 7 nitrogen and oxygen atoms in total. The molecule has 0 heterocycles. The van der Waals surface area contributed by atoms with Crippen LogP contribution < -0.4 is 10.6 Å². The van der Waals surface area contributed by atoms with Crippen LogP contribution in [0.25, 0.3) is 0 Å². The summed E-state index contributed by atoms with van der Waals surface area (Å²) in [7, 11) is 0. The molecule has 0 aliphatic rings. The van der Waals surface area contributed by atoms with Crippen molar-refractivity contribution in [2.24, 2.45) is 5.41 Å². The second-order valence-electron chi connectivity index (χ2n) is 9.74. The maximum absolute atomic E-state index is 12.6. The Hall–Kier alpha value is -1.79. The lowest BCUT2D eigenvalue weighted by molar-refractivity contribution is -0.128. The van der Waals surface area contributed by atoms with Gasteiger partial charge >= 0.3 is 12.2 Å². The maximum Gasteiger partial charge on any atom is 0.408 e. The molecule has 158 valence electrons. The Bertz CT molecular complexity index is 510. The Kier molecular flexibility index (Phi) is 9.29. The van der Waals surface area contributed by atoms with Crippen molar-refractivity contribution in [2.45, 2.75) is 98.8 Å². The summed E-state index contributed by atoms with van der Waals surface area (Å²) in [6.45, 7) is 16.6. The van der Waals surface area contributed by atoms with E-state index in [1.54, 1.807) is 41.5 Å². The molecule has 2 amide bonds. The SMILES string of the molecule is CC(C)(C)OC(=O)NCCCC[C@H](NC(=O)OC(C)(C)C)C(=O)C(C)(C)C. The quantitative estimate of drug-likeness (QED) is 0.640. The zero-order valence-corrected chi connectivity index (χ0v) is 18.4. The van der Waals surface area contributed by atoms with Crippen LogP contribution in [0.4, 0.5) is 9.59 Å². The molecule has 0 aromatic carbocycles. The summed E-state index contributed by atoms with van der Waals surface area (Å²) in [6, 6.07) is -0.624. The summed E-state index contributed by atoms with van der Waals surface area (Å²) in [5, 5.41) is 5.37. The fourth-order valence-electron chi connectivity index (χ4n) is 2.22. The van der Waals surface area contributed by atoms with Gasteiger partial charge in [0.05, 0.1) is 6.04 Å². The van der Waals surface area contributed by atoms with Gasteiger partial charge in [-0.05, 0) is 60.8 Å². The van der Waals surface area contributed by atoms with E-state index >= 15 is 0 Å². The highest BCUT2D eigenvalue weighted by Gasteiger charge is 2.31. The minimum atomic E-state index is -0.628. The number of carbonyl (C=O) groups is 3. The second-order valence-corrected chi connectivity index (χ2v) is 9.74. The smallest absolute Gasteiger partial charge is 0.408 e. The summed E-state index contributed by atoms with van der Waals surface area (Å²) in [6.07, 6.45) is 0.751. The van der Waals surface area contributed by atoms with Crippen molar-refractivity contribution in [3.63, 3.8) is 0 Å². The second kappa shape index (κ2) is 9.95. The van der Waals surface area contributed by atoms with Gasteiger partial charge in [-0.25, -0.2) is 9.59 Å². The van der Waals surface area contributed by atoms with Crippen LogP contribution in [0.3, 0.4) is 0 Å². The molecule has 2 N–H and O–H groups in total. The molecule has 0 aliphatic heterocycles. The first-order chi connectivity index (χ1) is 12.0. The van der Waals surface area contributed by atoms with Crippen LogP contribution in [0.5, 0.6) is 0 Å². The predicted molar refractivity (Wildman–Crippen MR) is 106 cm³/mol. The molecule has 0 radical (unpaired) electrons. The number of alkyl carbamates (subject to hydrolysis) is 2. The van der Waals surface area contributed by atoms with Gasteiger partial charge in [0.25, 0.3) is 0 Å². The molecule has 0 aromatic rings. The van der Waals surface area contributed by atoms with Crippen LogP contribution in [-0.4, -0.2) is 41.8 Å². The van der Waals surface area contributed by atoms with Crippen molar-refractivity contribution in [3.8, 4) is 0 Å². The molecule has 7 heteroatoms. The molecule has 0 spiro atoms. The van der Waals surface area contributed by atoms with Crippen LogP contribution in [-0.2, 0) is 14.3 Å². The van der Waals surface area contributed by atoms with Crippen molar-refractivity contribution in [1.29, 1.82) is 0 Å². The molecule has 0 bridgehead atoms. The standard InChI is InChI=1S/C20H38N2O5/c1-18(2,3)15(23)14(22-17(25)27-20(7,8)9)12-10-11-13-21-16(24)26-19(4,5)6/h14H,10-13H2,1-9H3,(H,21,24)(H,22,25)/t14-/m0/s1. The van der Waals surface area contributed by atoms with Crippen molar-refractivity contribution < 1.29 is 23.9 Å². The molecule has 0 aromatic heterocycles. The van der Waals surface area contributed by atoms with Gasteiger partial charge in [-0.15, -0.1) is 0 Å². The number of amides is 2. The Labute approximate surface area is 163 Å². The van der Waals surface area contributed by atoms with Crippen LogP contribution in [0.1, 0.15) is 81.6 Å². The number of nitrogens with one attached hydrogen (secondary N) is 2. The van der Waals surface area contributed by atoms with Gasteiger partial charge in [-0.3, -0.25) is 4.79 Å². The zero-order chi connectivity index (χ0) is 21.5. The molecular formula is C20H38N2O5. The molecule has 0 saturated carbocycles. The predicted octanol–water partition coefficient (Wildman–Crippen LogP) is 4.19. The van der Waals surface area contributed by atoms with E-state index in [1.165, 1.54) is 0 Å². The Morgan fingerprint density at radius 1 is 0.778 bits per heavy atom. The van der Waals surface area contributed by atoms with E-state index in [0.717, 1.165) is 0 Å². The van der Waals surface area contributed by atoms with Crippen LogP contribution in [0.15, 0.2) is 0 Å². The van der Waals surface area contributed by atoms with Gasteiger partial charge in [0.15, 0.2) is 5.78 Å². The summed E-state index contributed by atoms with van der Waals surface area (Å²) < 4.78 is 10.4. The normalized spacial score (nSPS) is 13.5. The highest BCUT2D eigenvalue weighted by molar-refractivity contribution is 5.91. The van der Waals surface area contributed by atoms with E-state index in [9.17, 15) is 14.4 Å². The molecule has 0 unspecified atom stereocenters. The average molecular weight is 387 g/mol. The summed E-state index contributed by atoms with van der Waals surface area (Å²) in [5.74, 6) is -0.0477. The van der Waals surface area contributed by atoms with Gasteiger partial charge in [0, 0.05) is 12.0 Å². The van der Waals surface area contributed by atoms with Gasteiger partial charge < -0.3 is 20.1 Å². The summed E-state index contributed by atoms with van der Waals surface area (Å²) in [5.41, 5.74) is -1.74. The van der Waals surface area contributed by atoms with Crippen molar-refractivity contribution >= 4 is 18.0 Å². The fraction of sp³-hybridized carbons (Fsp3) is 0.850. The van der Waals surface area contributed by atoms with Crippen LogP contribution in [0, 0.1) is 5.41 Å². The number of hydrogen-bond donors (Lipinski definition) is 2. The summed E-state index contributed by atoms with van der Waals surface area (Å²) in [4.78, 5) is 36.3. The van der Waals surface area contributed by atoms with Crippen molar-refractivity contribution in [1.82, 2.24) is 10.6 Å². The van der Waals surface area contributed by atoms with Crippen molar-refractivity contribution in [2.75, 3.05) is 6.54 Å². The number of Topliss-reactive ketones (excluding diaryl/α,β-unsaturated/α-hetero) is 1. The van der Waals surface area contributed by atoms with Gasteiger partial charge in [0.2, 0.25) is 0 Å². The average Bonchev–Trinajstić information content (AvgIpc) is 2.39. The first-order valence-electron chi connectivity index (χ1n) is 9.52. The van der Waals surface area contributed by atoms with E-state index in [4.69, 9.17) is 9.47 Å². The summed E-state index contributed by atoms with van der Waals surface area (Å²) >= 11 is 0. The molecule has 0 saturated heterocycles. The molecular weight excluding hydrogens is 348 g/mol. The number of carbonyl (C=O) groups excluding carboxylic acids is 3. The van der Waals surface area contributed by atoms with Gasteiger partial charge in [-0.1, -0.05) is 20.8 Å². The number of hydrogen-bond acceptors (Lipinski definition) is 5. The first-order valence-corrected chi connectivity index (χ1v) is 9.52. The van der Waals surface area contributed by atoms with E-state index < -0.39 is 34.8 Å². The Morgan fingerprint density at radius 3 is 1.70 bits per heavy atom. The topological polar surface area (TPSA) is 93.7 Å². The number of ketones is 1. The fourth-order valence-corrected chi connectivity index (χ4v) is 2.22. The zero-order valence-electron chi connectivity index (χ0n) is 18.4. The molecule has 0 rings (SSSR count). The molecule has 0 aliphatic carbocycles. The lowest BCUT2D eigenvalue weighted by Gasteiger charge is -2.27. The molecule has 1 atom stereocenters. The Balaban J connectivity index is 4.55. The van der Waals surface area contributed by atoms with E-state index in [0.29, 0.717) is 25.8 Å². The third-order valence-electron chi connectivity index (χ3n) is 3.33. The number of unbranched alkanes of at least 4 members (excludes halogenated alkanes) is 1. The Morgan fingerprint density at radius 2 is 1.26 bits per heavy atom. The third kappa shape index (κ3) is 13.1. The third-order valence-corrected chi connectivity index (χ3v) is 3.33. The minimum absolute atomic E-state index is 0.0477. The highest BCUT2D eigenvalue weighted by atomic mass is 16.6. The van der Waals surface area contributed by atoms with Crippen LogP contribution >= 0.6 is 0 Å². The van der Waals surface area contributed by atoms with Crippen molar-refractivity contribution in [3.05, 3.63) is 0 Å². The van der Waals surface area contributed by atoms with E-state index in [-0.39, 0.29) is 5.78 Å². The molecule has 0 fully saturated rings. The lowest BCUT2D eigenvalue weighted by Crippen LogP contribution is -2.47. The van der Waals surface area contributed by atoms with E-state index in [1.807, 2.05) is 20.8 Å². The minimum Gasteiger partial charge on any atom is -0.444 e. The van der Waals surface area contributed by atoms with Gasteiger partial charge in [0.1, 0.15) is 11.2 Å². The van der Waals surface area contributed by atoms with Gasteiger partial charge in [-0.2, -0.15) is 0 Å². The lowest BCUT2D eigenvalue weighted by atomic mass is 9.85. The number of rotatable bonds is 7. The van der Waals surface area contributed by atoms with Crippen LogP contribution in [0.2, 0.25) is 0 Å². The largest absolute Gasteiger partial charge is 0.444 e. The van der Waals surface area contributed by atoms with E-state index in [2.05, 4.69) is 10.6 Å². The number of ether oxygens (including phenoxy) is 2. The maximum atomic E-state index is 12.6. The first kappa shape index (κ1) is 25.2. The molecule has 27 heavy (non-hydrogen) atoms. The highest BCUT2D eigenvalue weighted by Crippen LogP contribution is 2.20. The monoisotopic (exact) mass is 386 g/mol.